The number of hydrogen-bond acceptors (Lipinski definition) is 5. The van der Waals surface area contributed by atoms with Gasteiger partial charge >= 0.3 is 0 Å². The lowest BCUT2D eigenvalue weighted by Crippen LogP contribution is -2.29. The summed E-state index contributed by atoms with van der Waals surface area (Å²) in [6.07, 6.45) is 6.12. The normalized spacial score (nSPS) is 15.1. The van der Waals surface area contributed by atoms with Gasteiger partial charge in [-0.1, -0.05) is 43.2 Å². The molecule has 0 bridgehead atoms. The number of ether oxygens (including phenoxy) is 2. The minimum absolute atomic E-state index is 0.644. The van der Waals surface area contributed by atoms with Crippen LogP contribution in [0.4, 0.5) is 0 Å². The van der Waals surface area contributed by atoms with E-state index in [1.165, 1.54) is 38.8 Å². The zero-order chi connectivity index (χ0) is 25.3. The number of hydrogen-bond donors (Lipinski definition) is 1. The molecule has 36 heavy (non-hydrogen) atoms. The molecule has 0 unspecified atom stereocenters. The van der Waals surface area contributed by atoms with Crippen LogP contribution < -0.4 is 9.47 Å². The van der Waals surface area contributed by atoms with Gasteiger partial charge < -0.3 is 9.47 Å². The van der Waals surface area contributed by atoms with E-state index in [1.54, 1.807) is 0 Å². The van der Waals surface area contributed by atoms with Gasteiger partial charge in [0.15, 0.2) is 0 Å². The molecule has 4 nitrogen and oxygen atoms in total. The largest absolute Gasteiger partial charge is 0.492 e. The molecule has 3 aromatic rings. The monoisotopic (exact) mass is 501 g/mol. The summed E-state index contributed by atoms with van der Waals surface area (Å²) in [5.74, 6) is 2.30. The van der Waals surface area contributed by atoms with Crippen LogP contribution in [0.2, 0.25) is 0 Å². The number of aldehydes is 1. The number of nitrogens with zero attached hydrogens (tertiary/aromatic N) is 1. The van der Waals surface area contributed by atoms with Crippen molar-refractivity contribution in [3.05, 3.63) is 89.0 Å². The molecule has 1 aliphatic rings. The summed E-state index contributed by atoms with van der Waals surface area (Å²) in [5, 5.41) is 0. The maximum absolute atomic E-state index is 11.1. The molecule has 1 heterocycles. The SMILES string of the molecule is C/C(=C(/Oc1ccc(OCCN2CCCCCC2)cc1)c1ccc(C)cc1S)c1ccc(C=O)cc1. The average molecular weight is 502 g/mol. The number of carbonyl (C=O) groups is 1. The number of thiol groups is 1. The van der Waals surface area contributed by atoms with Crippen LogP contribution in [-0.2, 0) is 0 Å². The van der Waals surface area contributed by atoms with Crippen LogP contribution in [0, 0.1) is 6.92 Å². The molecule has 188 valence electrons. The summed E-state index contributed by atoms with van der Waals surface area (Å²) in [6.45, 7) is 8.07. The van der Waals surface area contributed by atoms with Gasteiger partial charge in [0.2, 0.25) is 0 Å². The highest BCUT2D eigenvalue weighted by atomic mass is 32.1. The standard InChI is InChI=1S/C31H35NO3S/c1-23-7-16-29(30(36)21-23)31(24(2)26-10-8-25(22-33)9-11-26)35-28-14-12-27(13-15-28)34-20-19-32-17-5-3-4-6-18-32/h7-16,21-22,36H,3-6,17-20H2,1-2H3/b31-24-. The summed E-state index contributed by atoms with van der Waals surface area (Å²) in [7, 11) is 0. The van der Waals surface area contributed by atoms with E-state index in [0.717, 1.165) is 57.2 Å². The van der Waals surface area contributed by atoms with Crippen LogP contribution in [0.15, 0.2) is 71.6 Å². The number of benzene rings is 3. The van der Waals surface area contributed by atoms with Crippen molar-refractivity contribution in [1.29, 1.82) is 0 Å². The van der Waals surface area contributed by atoms with E-state index in [1.807, 2.05) is 74.5 Å². The van der Waals surface area contributed by atoms with Crippen LogP contribution >= 0.6 is 12.6 Å². The van der Waals surface area contributed by atoms with Crippen LogP contribution in [0.3, 0.4) is 0 Å². The van der Waals surface area contributed by atoms with Crippen molar-refractivity contribution in [1.82, 2.24) is 4.90 Å². The van der Waals surface area contributed by atoms with Crippen molar-refractivity contribution in [2.45, 2.75) is 44.4 Å². The van der Waals surface area contributed by atoms with E-state index in [4.69, 9.17) is 22.1 Å². The van der Waals surface area contributed by atoms with Crippen molar-refractivity contribution >= 4 is 30.2 Å². The first-order chi connectivity index (χ1) is 17.5. The van der Waals surface area contributed by atoms with Gasteiger partial charge in [0.1, 0.15) is 30.2 Å². The smallest absolute Gasteiger partial charge is 0.150 e. The maximum Gasteiger partial charge on any atom is 0.150 e. The first-order valence-electron chi connectivity index (χ1n) is 12.7. The summed E-state index contributed by atoms with van der Waals surface area (Å²) in [4.78, 5) is 14.4. The molecule has 1 fully saturated rings. The zero-order valence-electron chi connectivity index (χ0n) is 21.2. The van der Waals surface area contributed by atoms with Crippen molar-refractivity contribution in [3.63, 3.8) is 0 Å². The van der Waals surface area contributed by atoms with E-state index in [-0.39, 0.29) is 0 Å². The van der Waals surface area contributed by atoms with Gasteiger partial charge in [-0.15, -0.1) is 12.6 Å². The van der Waals surface area contributed by atoms with Crippen molar-refractivity contribution in [3.8, 4) is 11.5 Å². The Labute approximate surface area is 220 Å². The van der Waals surface area contributed by atoms with E-state index < -0.39 is 0 Å². The van der Waals surface area contributed by atoms with Gasteiger partial charge in [0.25, 0.3) is 0 Å². The molecule has 0 saturated carbocycles. The van der Waals surface area contributed by atoms with Gasteiger partial charge in [-0.25, -0.2) is 0 Å². The Bertz CT molecular complexity index is 1180. The van der Waals surface area contributed by atoms with Gasteiger partial charge in [-0.2, -0.15) is 0 Å². The highest BCUT2D eigenvalue weighted by Gasteiger charge is 2.15. The van der Waals surface area contributed by atoms with Gasteiger partial charge in [-0.05, 0) is 92.9 Å². The lowest BCUT2D eigenvalue weighted by atomic mass is 10.0. The molecular weight excluding hydrogens is 466 g/mol. The number of carbonyl (C=O) groups excluding carboxylic acids is 1. The summed E-state index contributed by atoms with van der Waals surface area (Å²) < 4.78 is 12.5. The van der Waals surface area contributed by atoms with E-state index in [9.17, 15) is 4.79 Å². The predicted molar refractivity (Wildman–Crippen MR) is 150 cm³/mol. The predicted octanol–water partition coefficient (Wildman–Crippen LogP) is 7.32. The first kappa shape index (κ1) is 26.1. The summed E-state index contributed by atoms with van der Waals surface area (Å²) in [6, 6.07) is 21.4. The fourth-order valence-corrected chi connectivity index (χ4v) is 4.86. The van der Waals surface area contributed by atoms with E-state index in [0.29, 0.717) is 12.2 Å². The number of allylic oxidation sites excluding steroid dienone is 1. The molecule has 0 aliphatic carbocycles. The minimum Gasteiger partial charge on any atom is -0.492 e. The minimum atomic E-state index is 0.644. The summed E-state index contributed by atoms with van der Waals surface area (Å²) >= 11 is 4.73. The van der Waals surface area contributed by atoms with Gasteiger partial charge in [-0.3, -0.25) is 9.69 Å². The summed E-state index contributed by atoms with van der Waals surface area (Å²) in [5.41, 5.74) is 4.64. The molecule has 4 rings (SSSR count). The number of rotatable bonds is 9. The van der Waals surface area contributed by atoms with E-state index >= 15 is 0 Å². The third-order valence-electron chi connectivity index (χ3n) is 6.64. The Morgan fingerprint density at radius 3 is 2.22 bits per heavy atom. The molecule has 5 heteroatoms. The second-order valence-electron chi connectivity index (χ2n) is 9.39. The fraction of sp³-hybridized carbons (Fsp3) is 0.323. The first-order valence-corrected chi connectivity index (χ1v) is 13.2. The molecule has 0 atom stereocenters. The molecule has 0 amide bonds. The topological polar surface area (TPSA) is 38.8 Å². The second kappa shape index (κ2) is 12.8. The highest BCUT2D eigenvalue weighted by molar-refractivity contribution is 7.80. The van der Waals surface area contributed by atoms with Crippen molar-refractivity contribution in [2.75, 3.05) is 26.2 Å². The Morgan fingerprint density at radius 1 is 0.917 bits per heavy atom. The van der Waals surface area contributed by atoms with Crippen molar-refractivity contribution < 1.29 is 14.3 Å². The lowest BCUT2D eigenvalue weighted by Gasteiger charge is -2.20. The Kier molecular flexibility index (Phi) is 9.26. The molecule has 0 N–H and O–H groups in total. The maximum atomic E-state index is 11.1. The quantitative estimate of drug-likeness (QED) is 0.144. The van der Waals surface area contributed by atoms with Gasteiger partial charge in [0, 0.05) is 22.6 Å². The van der Waals surface area contributed by atoms with Crippen LogP contribution in [0.5, 0.6) is 11.5 Å². The zero-order valence-corrected chi connectivity index (χ0v) is 22.1. The van der Waals surface area contributed by atoms with Crippen LogP contribution in [0.25, 0.3) is 11.3 Å². The Morgan fingerprint density at radius 2 is 1.58 bits per heavy atom. The fourth-order valence-electron chi connectivity index (χ4n) is 4.48. The Balaban J connectivity index is 1.51. The van der Waals surface area contributed by atoms with Crippen LogP contribution in [0.1, 0.15) is 59.7 Å². The molecule has 1 saturated heterocycles. The second-order valence-corrected chi connectivity index (χ2v) is 9.87. The Hall–Kier alpha value is -3.02. The number of aryl methyl sites for hydroxylation is 1. The average Bonchev–Trinajstić information content (AvgIpc) is 3.17. The molecule has 0 aromatic heterocycles. The molecule has 3 aromatic carbocycles. The van der Waals surface area contributed by atoms with E-state index in [2.05, 4.69) is 11.0 Å². The number of likely N-dealkylation sites (tertiary alicyclic amines) is 1. The molecule has 0 radical (unpaired) electrons. The third kappa shape index (κ3) is 7.02. The molecular formula is C31H35NO3S. The molecule has 0 spiro atoms. The van der Waals surface area contributed by atoms with Crippen molar-refractivity contribution in [2.24, 2.45) is 0 Å². The van der Waals surface area contributed by atoms with Crippen LogP contribution in [-0.4, -0.2) is 37.4 Å². The highest BCUT2D eigenvalue weighted by Crippen LogP contribution is 2.33. The molecule has 1 aliphatic heterocycles. The lowest BCUT2D eigenvalue weighted by molar-refractivity contribution is 0.112. The third-order valence-corrected chi connectivity index (χ3v) is 7.01. The van der Waals surface area contributed by atoms with Gasteiger partial charge in [0.05, 0.1) is 0 Å².